The van der Waals surface area contributed by atoms with Crippen LogP contribution in [0.2, 0.25) is 0 Å². The van der Waals surface area contributed by atoms with Gasteiger partial charge in [0.2, 0.25) is 0 Å². The van der Waals surface area contributed by atoms with Crippen molar-refractivity contribution in [3.8, 4) is 0 Å². The Hall–Kier alpha value is -0.590. The quantitative estimate of drug-likeness (QED) is 0.485. The highest BCUT2D eigenvalue weighted by molar-refractivity contribution is 5.25. The van der Waals surface area contributed by atoms with Crippen molar-refractivity contribution in [3.05, 3.63) is 23.6 Å². The number of hydrogen-bond acceptors (Lipinski definition) is 0. The second kappa shape index (κ2) is 2.57. The zero-order valence-electron chi connectivity index (χ0n) is 6.69. The van der Waals surface area contributed by atoms with Crippen molar-refractivity contribution in [1.82, 2.24) is 0 Å². The predicted octanol–water partition coefficient (Wildman–Crippen LogP) is 3.07. The molecule has 56 valence electrons. The maximum atomic E-state index is 12.9. The Morgan fingerprint density at radius 2 is 2.00 bits per heavy atom. The molecule has 0 N–H and O–H groups in total. The van der Waals surface area contributed by atoms with Gasteiger partial charge in [0, 0.05) is 5.92 Å². The van der Waals surface area contributed by atoms with Gasteiger partial charge in [-0.1, -0.05) is 25.5 Å². The fraction of sp³-hybridized carbons (Fsp3) is 0.556. The third-order valence-corrected chi connectivity index (χ3v) is 2.12. The molecule has 2 atom stereocenters. The molecular weight excluding hydrogens is 127 g/mol. The highest BCUT2D eigenvalue weighted by Crippen LogP contribution is 2.28. The first kappa shape index (κ1) is 7.52. The monoisotopic (exact) mass is 140 g/mol. The van der Waals surface area contributed by atoms with E-state index >= 15 is 0 Å². The lowest BCUT2D eigenvalue weighted by atomic mass is 9.88. The highest BCUT2D eigenvalue weighted by atomic mass is 19.1. The van der Waals surface area contributed by atoms with Crippen LogP contribution in [0.5, 0.6) is 0 Å². The third-order valence-electron chi connectivity index (χ3n) is 2.12. The molecule has 0 saturated carbocycles. The number of rotatable bonds is 0. The summed E-state index contributed by atoms with van der Waals surface area (Å²) in [5.41, 5.74) is 1.04. The van der Waals surface area contributed by atoms with Crippen LogP contribution in [0.25, 0.3) is 0 Å². The van der Waals surface area contributed by atoms with E-state index in [-0.39, 0.29) is 11.7 Å². The van der Waals surface area contributed by atoms with Crippen LogP contribution in [0.15, 0.2) is 23.6 Å². The van der Waals surface area contributed by atoms with E-state index in [2.05, 4.69) is 6.08 Å². The smallest absolute Gasteiger partial charge is 0.104 e. The van der Waals surface area contributed by atoms with Gasteiger partial charge in [-0.3, -0.25) is 0 Å². The zero-order valence-corrected chi connectivity index (χ0v) is 6.69. The molecule has 10 heavy (non-hydrogen) atoms. The minimum Gasteiger partial charge on any atom is -0.212 e. The van der Waals surface area contributed by atoms with Gasteiger partial charge in [0.05, 0.1) is 0 Å². The zero-order chi connectivity index (χ0) is 7.72. The molecule has 0 fully saturated rings. The predicted molar refractivity (Wildman–Crippen MR) is 41.3 cm³/mol. The first-order valence-corrected chi connectivity index (χ1v) is 3.67. The van der Waals surface area contributed by atoms with E-state index in [4.69, 9.17) is 0 Å². The molecule has 1 rings (SSSR count). The van der Waals surface area contributed by atoms with E-state index in [0.717, 1.165) is 5.57 Å². The van der Waals surface area contributed by atoms with E-state index in [0.29, 0.717) is 5.92 Å². The van der Waals surface area contributed by atoms with Crippen LogP contribution >= 0.6 is 0 Å². The Labute approximate surface area is 61.4 Å². The van der Waals surface area contributed by atoms with Gasteiger partial charge in [-0.2, -0.15) is 0 Å². The van der Waals surface area contributed by atoms with Gasteiger partial charge < -0.3 is 0 Å². The summed E-state index contributed by atoms with van der Waals surface area (Å²) < 4.78 is 12.9. The van der Waals surface area contributed by atoms with Crippen LogP contribution in [0, 0.1) is 11.8 Å². The Morgan fingerprint density at radius 1 is 1.40 bits per heavy atom. The van der Waals surface area contributed by atoms with Crippen LogP contribution in [0.4, 0.5) is 4.39 Å². The lowest BCUT2D eigenvalue weighted by Gasteiger charge is -2.19. The second-order valence-electron chi connectivity index (χ2n) is 3.09. The van der Waals surface area contributed by atoms with Crippen LogP contribution in [0.3, 0.4) is 0 Å². The van der Waals surface area contributed by atoms with Gasteiger partial charge in [-0.05, 0) is 18.9 Å². The molecule has 0 aromatic heterocycles. The van der Waals surface area contributed by atoms with Crippen LogP contribution in [0.1, 0.15) is 20.8 Å². The Balaban J connectivity index is 2.85. The van der Waals surface area contributed by atoms with Gasteiger partial charge in [-0.15, -0.1) is 0 Å². The molecule has 0 spiro atoms. The van der Waals surface area contributed by atoms with E-state index in [1.165, 1.54) is 0 Å². The number of hydrogen-bond donors (Lipinski definition) is 0. The molecule has 2 unspecified atom stereocenters. The summed E-state index contributed by atoms with van der Waals surface area (Å²) in [6.45, 7) is 5.89. The van der Waals surface area contributed by atoms with Crippen molar-refractivity contribution in [3.63, 3.8) is 0 Å². The van der Waals surface area contributed by atoms with Crippen molar-refractivity contribution < 1.29 is 4.39 Å². The van der Waals surface area contributed by atoms with Crippen molar-refractivity contribution in [2.45, 2.75) is 20.8 Å². The van der Waals surface area contributed by atoms with Crippen molar-refractivity contribution in [2.75, 3.05) is 0 Å². The van der Waals surface area contributed by atoms with Crippen molar-refractivity contribution in [2.24, 2.45) is 11.8 Å². The molecule has 0 aliphatic heterocycles. The SMILES string of the molecule is CC1=CC(C)C(C)C(F)=C1. The van der Waals surface area contributed by atoms with Gasteiger partial charge in [0.15, 0.2) is 0 Å². The normalized spacial score (nSPS) is 33.2. The largest absolute Gasteiger partial charge is 0.212 e. The van der Waals surface area contributed by atoms with Crippen molar-refractivity contribution >= 4 is 0 Å². The van der Waals surface area contributed by atoms with Gasteiger partial charge >= 0.3 is 0 Å². The van der Waals surface area contributed by atoms with E-state index in [1.807, 2.05) is 20.8 Å². The van der Waals surface area contributed by atoms with E-state index < -0.39 is 0 Å². The number of allylic oxidation sites excluding steroid dienone is 4. The van der Waals surface area contributed by atoms with Gasteiger partial charge in [0.1, 0.15) is 5.83 Å². The highest BCUT2D eigenvalue weighted by Gasteiger charge is 2.18. The molecule has 0 aromatic carbocycles. The molecule has 0 heterocycles. The molecule has 0 bridgehead atoms. The molecule has 0 nitrogen and oxygen atoms in total. The summed E-state index contributed by atoms with van der Waals surface area (Å²) in [5, 5.41) is 0. The molecular formula is C9H13F. The third kappa shape index (κ3) is 1.28. The first-order chi connectivity index (χ1) is 4.61. The molecule has 0 aromatic rings. The van der Waals surface area contributed by atoms with Crippen LogP contribution in [-0.4, -0.2) is 0 Å². The van der Waals surface area contributed by atoms with Crippen molar-refractivity contribution in [1.29, 1.82) is 0 Å². The topological polar surface area (TPSA) is 0 Å². The Kier molecular flexibility index (Phi) is 1.93. The number of halogens is 1. The molecule has 1 aliphatic rings. The summed E-state index contributed by atoms with van der Waals surface area (Å²) in [6.07, 6.45) is 3.72. The molecule has 0 saturated heterocycles. The lowest BCUT2D eigenvalue weighted by molar-refractivity contribution is 0.414. The first-order valence-electron chi connectivity index (χ1n) is 3.67. The van der Waals surface area contributed by atoms with Gasteiger partial charge in [-0.25, -0.2) is 4.39 Å². The Bertz CT molecular complexity index is 189. The molecule has 1 heteroatoms. The van der Waals surface area contributed by atoms with E-state index in [1.54, 1.807) is 6.08 Å². The maximum absolute atomic E-state index is 12.9. The fourth-order valence-corrected chi connectivity index (χ4v) is 1.21. The standard InChI is InChI=1S/C9H13F/c1-6-4-7(2)8(3)9(10)5-6/h4-5,7-8H,1-3H3. The van der Waals surface area contributed by atoms with Crippen LogP contribution < -0.4 is 0 Å². The average Bonchev–Trinajstić information content (AvgIpc) is 1.82. The summed E-state index contributed by atoms with van der Waals surface area (Å²) in [7, 11) is 0. The van der Waals surface area contributed by atoms with Gasteiger partial charge in [0.25, 0.3) is 0 Å². The minimum atomic E-state index is 0.0208. The Morgan fingerprint density at radius 3 is 2.50 bits per heavy atom. The maximum Gasteiger partial charge on any atom is 0.104 e. The molecule has 1 aliphatic carbocycles. The summed E-state index contributed by atoms with van der Waals surface area (Å²) in [6, 6.07) is 0. The summed E-state index contributed by atoms with van der Waals surface area (Å²) in [5.74, 6) is 0.446. The average molecular weight is 140 g/mol. The summed E-state index contributed by atoms with van der Waals surface area (Å²) in [4.78, 5) is 0. The fourth-order valence-electron chi connectivity index (χ4n) is 1.21. The molecule has 0 amide bonds. The molecule has 0 radical (unpaired) electrons. The van der Waals surface area contributed by atoms with E-state index in [9.17, 15) is 4.39 Å². The van der Waals surface area contributed by atoms with Crippen LogP contribution in [-0.2, 0) is 0 Å². The summed E-state index contributed by atoms with van der Waals surface area (Å²) >= 11 is 0. The minimum absolute atomic E-state index is 0.0208. The second-order valence-corrected chi connectivity index (χ2v) is 3.09. The lowest BCUT2D eigenvalue weighted by Crippen LogP contribution is -2.09.